The highest BCUT2D eigenvalue weighted by Gasteiger charge is 2.11. The zero-order chi connectivity index (χ0) is 9.40. The van der Waals surface area contributed by atoms with E-state index in [-0.39, 0.29) is 0 Å². The molecule has 0 aromatic carbocycles. The van der Waals surface area contributed by atoms with Crippen molar-refractivity contribution in [1.29, 1.82) is 0 Å². The number of amides is 2. The first-order chi connectivity index (χ1) is 5.76. The third-order valence-electron chi connectivity index (χ3n) is 1.38. The Morgan fingerprint density at radius 3 is 2.58 bits per heavy atom. The van der Waals surface area contributed by atoms with E-state index in [0.29, 0.717) is 19.6 Å². The minimum atomic E-state index is -0.555. The molecule has 0 bridgehead atoms. The zero-order valence-corrected chi connectivity index (χ0v) is 7.58. The van der Waals surface area contributed by atoms with Gasteiger partial charge < -0.3 is 4.74 Å². The van der Waals surface area contributed by atoms with Crippen LogP contribution in [0.2, 0.25) is 0 Å². The number of hydrogen-bond donors (Lipinski definition) is 0. The van der Waals surface area contributed by atoms with Crippen molar-refractivity contribution >= 4 is 12.5 Å². The molecule has 0 rings (SSSR count). The molecule has 0 aliphatic rings. The first kappa shape index (κ1) is 10.9. The van der Waals surface area contributed by atoms with Gasteiger partial charge in [-0.1, -0.05) is 13.3 Å². The topological polar surface area (TPSA) is 46.6 Å². The maximum Gasteiger partial charge on any atom is 0.416 e. The van der Waals surface area contributed by atoms with Crippen LogP contribution in [0.4, 0.5) is 4.79 Å². The van der Waals surface area contributed by atoms with Gasteiger partial charge in [-0.2, -0.15) is 0 Å². The minimum absolute atomic E-state index is 0.301. The quantitative estimate of drug-likeness (QED) is 0.590. The van der Waals surface area contributed by atoms with Crippen LogP contribution < -0.4 is 0 Å². The van der Waals surface area contributed by atoms with Crippen LogP contribution in [0, 0.1) is 0 Å². The van der Waals surface area contributed by atoms with Crippen molar-refractivity contribution in [3.63, 3.8) is 0 Å². The van der Waals surface area contributed by atoms with E-state index in [9.17, 15) is 9.59 Å². The molecule has 0 heterocycles. The molecule has 4 heteroatoms. The van der Waals surface area contributed by atoms with E-state index in [1.165, 1.54) is 0 Å². The summed E-state index contributed by atoms with van der Waals surface area (Å²) in [6.07, 6.45) is 1.72. The molecular formula is C8H15NO3. The Hall–Kier alpha value is -1.06. The molecule has 0 atom stereocenters. The third kappa shape index (κ3) is 3.95. The van der Waals surface area contributed by atoms with E-state index >= 15 is 0 Å². The number of hydrogen-bond acceptors (Lipinski definition) is 3. The lowest BCUT2D eigenvalue weighted by Gasteiger charge is -2.13. The largest absolute Gasteiger partial charge is 0.449 e. The number of carbonyl (C=O) groups excluding carboxylic acids is 2. The Bertz CT molecular complexity index is 147. The van der Waals surface area contributed by atoms with Crippen molar-refractivity contribution in [3.8, 4) is 0 Å². The van der Waals surface area contributed by atoms with Crippen LogP contribution in [0.3, 0.4) is 0 Å². The fourth-order valence-corrected chi connectivity index (χ4v) is 0.722. The summed E-state index contributed by atoms with van der Waals surface area (Å²) >= 11 is 0. The second-order valence-corrected chi connectivity index (χ2v) is 2.35. The highest BCUT2D eigenvalue weighted by molar-refractivity contribution is 5.80. The smallest absolute Gasteiger partial charge is 0.416 e. The van der Waals surface area contributed by atoms with Gasteiger partial charge in [0.1, 0.15) is 0 Å². The van der Waals surface area contributed by atoms with Crippen LogP contribution in [-0.2, 0) is 9.53 Å². The van der Waals surface area contributed by atoms with Crippen LogP contribution in [0.15, 0.2) is 0 Å². The Morgan fingerprint density at radius 2 is 2.17 bits per heavy atom. The van der Waals surface area contributed by atoms with Gasteiger partial charge in [-0.05, 0) is 13.3 Å². The predicted octanol–water partition coefficient (Wildman–Crippen LogP) is 1.40. The molecule has 12 heavy (non-hydrogen) atoms. The monoisotopic (exact) mass is 173 g/mol. The van der Waals surface area contributed by atoms with Gasteiger partial charge >= 0.3 is 6.09 Å². The molecule has 0 aromatic rings. The Balaban J connectivity index is 3.79. The van der Waals surface area contributed by atoms with Crippen molar-refractivity contribution in [2.45, 2.75) is 26.7 Å². The van der Waals surface area contributed by atoms with Crippen molar-refractivity contribution < 1.29 is 14.3 Å². The van der Waals surface area contributed by atoms with Gasteiger partial charge in [0, 0.05) is 6.54 Å². The van der Waals surface area contributed by atoms with Gasteiger partial charge in [0.15, 0.2) is 0 Å². The molecule has 0 saturated carbocycles. The van der Waals surface area contributed by atoms with E-state index < -0.39 is 6.09 Å². The summed E-state index contributed by atoms with van der Waals surface area (Å²) in [6, 6.07) is 0. The zero-order valence-electron chi connectivity index (χ0n) is 7.58. The Kier molecular flexibility index (Phi) is 6.05. The van der Waals surface area contributed by atoms with E-state index in [2.05, 4.69) is 4.74 Å². The lowest BCUT2D eigenvalue weighted by Crippen LogP contribution is -2.31. The number of carbonyl (C=O) groups is 2. The van der Waals surface area contributed by atoms with Crippen LogP contribution in [0.1, 0.15) is 26.7 Å². The van der Waals surface area contributed by atoms with Crippen molar-refractivity contribution in [2.24, 2.45) is 0 Å². The van der Waals surface area contributed by atoms with Crippen molar-refractivity contribution in [3.05, 3.63) is 0 Å². The average Bonchev–Trinajstić information content (AvgIpc) is 2.06. The third-order valence-corrected chi connectivity index (χ3v) is 1.38. The SMILES string of the molecule is CCCCN(C=O)C(=O)OCC. The summed E-state index contributed by atoms with van der Waals surface area (Å²) in [5, 5.41) is 0. The van der Waals surface area contributed by atoms with Crippen molar-refractivity contribution in [2.75, 3.05) is 13.2 Å². The Labute approximate surface area is 72.5 Å². The van der Waals surface area contributed by atoms with Crippen LogP contribution in [0.25, 0.3) is 0 Å². The molecule has 0 aliphatic carbocycles. The number of nitrogens with zero attached hydrogens (tertiary/aromatic N) is 1. The molecule has 4 nitrogen and oxygen atoms in total. The van der Waals surface area contributed by atoms with E-state index in [4.69, 9.17) is 0 Å². The predicted molar refractivity (Wildman–Crippen MR) is 44.7 cm³/mol. The lowest BCUT2D eigenvalue weighted by molar-refractivity contribution is -0.116. The molecule has 0 aromatic heterocycles. The molecule has 0 radical (unpaired) electrons. The number of rotatable bonds is 5. The highest BCUT2D eigenvalue weighted by atomic mass is 16.6. The number of unbranched alkanes of at least 4 members (excludes halogenated alkanes) is 1. The van der Waals surface area contributed by atoms with Crippen LogP contribution in [-0.4, -0.2) is 30.6 Å². The van der Waals surface area contributed by atoms with Gasteiger partial charge in [-0.3, -0.25) is 9.69 Å². The summed E-state index contributed by atoms with van der Waals surface area (Å²) in [5.74, 6) is 0. The van der Waals surface area contributed by atoms with E-state index in [1.54, 1.807) is 6.92 Å². The van der Waals surface area contributed by atoms with Crippen LogP contribution >= 0.6 is 0 Å². The number of ether oxygens (including phenoxy) is 1. The second kappa shape index (κ2) is 6.64. The fraction of sp³-hybridized carbons (Fsp3) is 0.750. The van der Waals surface area contributed by atoms with E-state index in [0.717, 1.165) is 17.7 Å². The van der Waals surface area contributed by atoms with E-state index in [1.807, 2.05) is 6.92 Å². The summed E-state index contributed by atoms with van der Waals surface area (Å²) in [4.78, 5) is 22.4. The molecule has 0 aliphatic heterocycles. The maximum absolute atomic E-state index is 11.0. The van der Waals surface area contributed by atoms with Gasteiger partial charge in [0.05, 0.1) is 6.61 Å². The maximum atomic E-state index is 11.0. The fourth-order valence-electron chi connectivity index (χ4n) is 0.722. The minimum Gasteiger partial charge on any atom is -0.449 e. The molecule has 0 saturated heterocycles. The van der Waals surface area contributed by atoms with Crippen LogP contribution in [0.5, 0.6) is 0 Å². The number of imide groups is 1. The second-order valence-electron chi connectivity index (χ2n) is 2.35. The summed E-state index contributed by atoms with van der Waals surface area (Å²) in [5.41, 5.74) is 0. The average molecular weight is 173 g/mol. The molecule has 0 N–H and O–H groups in total. The van der Waals surface area contributed by atoms with Gasteiger partial charge in [-0.25, -0.2) is 4.79 Å². The molecule has 70 valence electrons. The first-order valence-corrected chi connectivity index (χ1v) is 4.14. The molecule has 0 unspecified atom stereocenters. The first-order valence-electron chi connectivity index (χ1n) is 4.14. The summed E-state index contributed by atoms with van der Waals surface area (Å²) in [7, 11) is 0. The summed E-state index contributed by atoms with van der Waals surface area (Å²) in [6.45, 7) is 4.45. The molecule has 2 amide bonds. The molecule has 0 spiro atoms. The molecular weight excluding hydrogens is 158 g/mol. The lowest BCUT2D eigenvalue weighted by atomic mass is 10.3. The van der Waals surface area contributed by atoms with Gasteiger partial charge in [-0.15, -0.1) is 0 Å². The normalized spacial score (nSPS) is 9.17. The Morgan fingerprint density at radius 1 is 1.50 bits per heavy atom. The highest BCUT2D eigenvalue weighted by Crippen LogP contribution is 1.95. The summed E-state index contributed by atoms with van der Waals surface area (Å²) < 4.78 is 4.65. The van der Waals surface area contributed by atoms with Crippen molar-refractivity contribution in [1.82, 2.24) is 4.90 Å². The molecule has 0 fully saturated rings. The van der Waals surface area contributed by atoms with Gasteiger partial charge in [0.2, 0.25) is 6.41 Å². The van der Waals surface area contributed by atoms with Gasteiger partial charge in [0.25, 0.3) is 0 Å². The standard InChI is InChI=1S/C8H15NO3/c1-3-5-6-9(7-10)8(11)12-4-2/h7H,3-6H2,1-2H3.